The van der Waals surface area contributed by atoms with Crippen molar-refractivity contribution in [3.05, 3.63) is 68.1 Å². The number of carbonyl (C=O) groups is 1. The van der Waals surface area contributed by atoms with Gasteiger partial charge in [0, 0.05) is 17.6 Å². The molecule has 0 unspecified atom stereocenters. The Bertz CT molecular complexity index is 748. The lowest BCUT2D eigenvalue weighted by molar-refractivity contribution is 0.0697. The molecule has 0 amide bonds. The van der Waals surface area contributed by atoms with Crippen LogP contribution in [0, 0.1) is 0 Å². The normalized spacial score (nSPS) is 15.0. The van der Waals surface area contributed by atoms with E-state index < -0.39 is 5.97 Å². The Hall–Kier alpha value is -1.36. The summed E-state index contributed by atoms with van der Waals surface area (Å²) in [5.41, 5.74) is 3.96. The average molecular weight is 395 g/mol. The summed E-state index contributed by atoms with van der Waals surface area (Å²) in [4.78, 5) is 13.4. The number of rotatable bonds is 3. The van der Waals surface area contributed by atoms with Crippen LogP contribution in [0.2, 0.25) is 5.02 Å². The maximum atomic E-state index is 11.0. The molecule has 1 N–H and O–H groups in total. The van der Waals surface area contributed by atoms with E-state index in [1.165, 1.54) is 11.1 Å². The summed E-state index contributed by atoms with van der Waals surface area (Å²) in [6.07, 6.45) is 2.20. The predicted molar refractivity (Wildman–Crippen MR) is 95.0 cm³/mol. The fourth-order valence-electron chi connectivity index (χ4n) is 3.02. The highest BCUT2D eigenvalue weighted by Crippen LogP contribution is 2.25. The monoisotopic (exact) mass is 393 g/mol. The Morgan fingerprint density at radius 2 is 2.04 bits per heavy atom. The fourth-order valence-corrected chi connectivity index (χ4v) is 3.71. The van der Waals surface area contributed by atoms with Crippen LogP contribution in [0.25, 0.3) is 0 Å². The van der Waals surface area contributed by atoms with E-state index in [0.29, 0.717) is 5.02 Å². The molecule has 3 nitrogen and oxygen atoms in total. The SMILES string of the molecule is O=C(O)c1ccc(CN2CCCc3cc(Br)ccc3C2)cc1Cl. The van der Waals surface area contributed by atoms with Gasteiger partial charge in [0.15, 0.2) is 0 Å². The summed E-state index contributed by atoms with van der Waals surface area (Å²) in [7, 11) is 0. The summed E-state index contributed by atoms with van der Waals surface area (Å²) in [6.45, 7) is 2.70. The molecule has 23 heavy (non-hydrogen) atoms. The quantitative estimate of drug-likeness (QED) is 0.817. The first-order chi connectivity index (χ1) is 11.0. The zero-order chi connectivity index (χ0) is 16.4. The van der Waals surface area contributed by atoms with Gasteiger partial charge in [-0.25, -0.2) is 4.79 Å². The van der Waals surface area contributed by atoms with Gasteiger partial charge in [-0.05, 0) is 60.3 Å². The van der Waals surface area contributed by atoms with Crippen molar-refractivity contribution >= 4 is 33.5 Å². The predicted octanol–water partition coefficient (Wildman–Crippen LogP) is 4.75. The van der Waals surface area contributed by atoms with Crippen LogP contribution < -0.4 is 0 Å². The number of hydrogen-bond donors (Lipinski definition) is 1. The highest BCUT2D eigenvalue weighted by molar-refractivity contribution is 9.10. The number of halogens is 2. The number of aryl methyl sites for hydroxylation is 1. The van der Waals surface area contributed by atoms with Gasteiger partial charge in [-0.1, -0.05) is 39.7 Å². The zero-order valence-electron chi connectivity index (χ0n) is 12.6. The first kappa shape index (κ1) is 16.5. The van der Waals surface area contributed by atoms with Crippen LogP contribution in [-0.4, -0.2) is 22.5 Å². The topological polar surface area (TPSA) is 40.5 Å². The van der Waals surface area contributed by atoms with Crippen molar-refractivity contribution in [3.8, 4) is 0 Å². The van der Waals surface area contributed by atoms with E-state index in [0.717, 1.165) is 42.5 Å². The van der Waals surface area contributed by atoms with E-state index >= 15 is 0 Å². The van der Waals surface area contributed by atoms with Gasteiger partial charge >= 0.3 is 5.97 Å². The second-order valence-corrected chi connectivity index (χ2v) is 7.17. The van der Waals surface area contributed by atoms with E-state index in [4.69, 9.17) is 16.7 Å². The molecular formula is C18H17BrClNO2. The standard InChI is InChI=1S/C18H17BrClNO2/c19-15-5-4-14-11-21(7-1-2-13(14)9-15)10-12-3-6-16(18(22)23)17(20)8-12/h3-6,8-9H,1-2,7,10-11H2,(H,22,23). The van der Waals surface area contributed by atoms with E-state index in [1.807, 2.05) is 6.07 Å². The molecule has 5 heteroatoms. The van der Waals surface area contributed by atoms with Gasteiger partial charge < -0.3 is 5.11 Å². The molecule has 2 aromatic carbocycles. The number of carboxylic acids is 1. The van der Waals surface area contributed by atoms with Gasteiger partial charge in [0.25, 0.3) is 0 Å². The minimum Gasteiger partial charge on any atom is -0.478 e. The molecule has 0 bridgehead atoms. The van der Waals surface area contributed by atoms with E-state index in [9.17, 15) is 4.79 Å². The largest absolute Gasteiger partial charge is 0.478 e. The first-order valence-corrected chi connectivity index (χ1v) is 8.71. The second-order valence-electron chi connectivity index (χ2n) is 5.85. The fraction of sp³-hybridized carbons (Fsp3) is 0.278. The lowest BCUT2D eigenvalue weighted by Gasteiger charge is -2.21. The van der Waals surface area contributed by atoms with Crippen LogP contribution in [0.5, 0.6) is 0 Å². The number of hydrogen-bond acceptors (Lipinski definition) is 2. The van der Waals surface area contributed by atoms with Crippen LogP contribution in [0.1, 0.15) is 33.5 Å². The molecule has 1 aliphatic heterocycles. The van der Waals surface area contributed by atoms with Crippen molar-refractivity contribution in [1.82, 2.24) is 4.90 Å². The molecule has 2 aromatic rings. The third-order valence-corrected chi connectivity index (χ3v) is 4.96. The Labute approximate surface area is 149 Å². The molecule has 0 aliphatic carbocycles. The van der Waals surface area contributed by atoms with Gasteiger partial charge in [-0.3, -0.25) is 4.90 Å². The number of aromatic carboxylic acids is 1. The highest BCUT2D eigenvalue weighted by Gasteiger charge is 2.16. The summed E-state index contributed by atoms with van der Waals surface area (Å²) in [5.74, 6) is -0.990. The molecule has 120 valence electrons. The van der Waals surface area contributed by atoms with Gasteiger partial charge in [-0.2, -0.15) is 0 Å². The molecule has 1 aliphatic rings. The third kappa shape index (κ3) is 3.94. The second kappa shape index (κ2) is 7.04. The Morgan fingerprint density at radius 1 is 1.22 bits per heavy atom. The number of nitrogens with zero attached hydrogens (tertiary/aromatic N) is 1. The minimum absolute atomic E-state index is 0.154. The smallest absolute Gasteiger partial charge is 0.337 e. The lowest BCUT2D eigenvalue weighted by Crippen LogP contribution is -2.22. The summed E-state index contributed by atoms with van der Waals surface area (Å²) < 4.78 is 1.13. The van der Waals surface area contributed by atoms with Gasteiger partial charge in [0.1, 0.15) is 0 Å². The van der Waals surface area contributed by atoms with Gasteiger partial charge in [0.05, 0.1) is 10.6 Å². The molecule has 1 heterocycles. The first-order valence-electron chi connectivity index (χ1n) is 7.54. The Morgan fingerprint density at radius 3 is 2.78 bits per heavy atom. The molecule has 0 saturated carbocycles. The molecule has 0 aromatic heterocycles. The zero-order valence-corrected chi connectivity index (χ0v) is 14.9. The van der Waals surface area contributed by atoms with Gasteiger partial charge in [-0.15, -0.1) is 0 Å². The molecule has 3 rings (SSSR count). The van der Waals surface area contributed by atoms with E-state index in [2.05, 4.69) is 39.0 Å². The van der Waals surface area contributed by atoms with Crippen molar-refractivity contribution < 1.29 is 9.90 Å². The number of carboxylic acid groups (broad SMARTS) is 1. The molecule has 0 spiro atoms. The number of fused-ring (bicyclic) bond motifs is 1. The minimum atomic E-state index is -0.990. The Kier molecular flexibility index (Phi) is 5.05. The van der Waals surface area contributed by atoms with E-state index in [1.54, 1.807) is 12.1 Å². The summed E-state index contributed by atoms with van der Waals surface area (Å²) in [5, 5.41) is 9.35. The molecule has 0 fully saturated rings. The van der Waals surface area contributed by atoms with Crippen molar-refractivity contribution in [1.29, 1.82) is 0 Å². The molecule has 0 atom stereocenters. The van der Waals surface area contributed by atoms with Crippen molar-refractivity contribution in [2.45, 2.75) is 25.9 Å². The van der Waals surface area contributed by atoms with E-state index in [-0.39, 0.29) is 5.56 Å². The molecular weight excluding hydrogens is 378 g/mol. The third-order valence-electron chi connectivity index (χ3n) is 4.15. The maximum Gasteiger partial charge on any atom is 0.337 e. The van der Waals surface area contributed by atoms with Crippen LogP contribution in [0.4, 0.5) is 0 Å². The molecule has 0 radical (unpaired) electrons. The maximum absolute atomic E-state index is 11.0. The number of benzene rings is 2. The summed E-state index contributed by atoms with van der Waals surface area (Å²) >= 11 is 9.60. The summed E-state index contributed by atoms with van der Waals surface area (Å²) in [6, 6.07) is 11.7. The lowest BCUT2D eigenvalue weighted by atomic mass is 10.0. The van der Waals surface area contributed by atoms with Crippen molar-refractivity contribution in [2.75, 3.05) is 6.54 Å². The van der Waals surface area contributed by atoms with Crippen molar-refractivity contribution in [3.63, 3.8) is 0 Å². The van der Waals surface area contributed by atoms with Crippen LogP contribution in [-0.2, 0) is 19.5 Å². The Balaban J connectivity index is 1.77. The highest BCUT2D eigenvalue weighted by atomic mass is 79.9. The van der Waals surface area contributed by atoms with Crippen molar-refractivity contribution in [2.24, 2.45) is 0 Å². The van der Waals surface area contributed by atoms with Crippen LogP contribution >= 0.6 is 27.5 Å². The van der Waals surface area contributed by atoms with Crippen LogP contribution in [0.15, 0.2) is 40.9 Å². The van der Waals surface area contributed by atoms with Crippen LogP contribution in [0.3, 0.4) is 0 Å². The average Bonchev–Trinajstić information content (AvgIpc) is 2.68. The molecule has 0 saturated heterocycles. The van der Waals surface area contributed by atoms with Gasteiger partial charge in [0.2, 0.25) is 0 Å².